The summed E-state index contributed by atoms with van der Waals surface area (Å²) >= 11 is 3.77. The van der Waals surface area contributed by atoms with Crippen molar-refractivity contribution in [3.63, 3.8) is 0 Å². The zero-order valence-electron chi connectivity index (χ0n) is 12.1. The smallest absolute Gasteiger partial charge is 0.251 e. The van der Waals surface area contributed by atoms with Crippen LogP contribution in [0.4, 0.5) is 5.69 Å². The lowest BCUT2D eigenvalue weighted by molar-refractivity contribution is 0.0963. The van der Waals surface area contributed by atoms with E-state index < -0.39 is 0 Å². The summed E-state index contributed by atoms with van der Waals surface area (Å²) < 4.78 is 1.41. The Morgan fingerprint density at radius 1 is 1.33 bits per heavy atom. The molecule has 2 atom stereocenters. The molecule has 1 aliphatic heterocycles. The van der Waals surface area contributed by atoms with Gasteiger partial charge in [-0.1, -0.05) is 13.0 Å². The highest BCUT2D eigenvalue weighted by molar-refractivity contribution is 8.01. The van der Waals surface area contributed by atoms with Crippen molar-refractivity contribution in [2.75, 3.05) is 12.4 Å². The molecule has 1 aromatic heterocycles. The molecule has 3 rings (SSSR count). The van der Waals surface area contributed by atoms with Crippen molar-refractivity contribution < 1.29 is 4.79 Å². The third-order valence-electron chi connectivity index (χ3n) is 3.60. The summed E-state index contributed by atoms with van der Waals surface area (Å²) in [5, 5.41) is 9.01. The van der Waals surface area contributed by atoms with Gasteiger partial charge >= 0.3 is 0 Å². The van der Waals surface area contributed by atoms with E-state index in [1.807, 2.05) is 47.4 Å². The number of benzene rings is 1. The van der Waals surface area contributed by atoms with Crippen molar-refractivity contribution in [2.24, 2.45) is 0 Å². The van der Waals surface area contributed by atoms with Crippen LogP contribution in [0.5, 0.6) is 0 Å². The Morgan fingerprint density at radius 2 is 2.19 bits per heavy atom. The van der Waals surface area contributed by atoms with E-state index in [9.17, 15) is 4.79 Å². The van der Waals surface area contributed by atoms with Crippen LogP contribution in [0.15, 0.2) is 39.9 Å². The van der Waals surface area contributed by atoms with Crippen LogP contribution >= 0.6 is 23.1 Å². The Morgan fingerprint density at radius 3 is 3.00 bits per heavy atom. The molecule has 2 heterocycles. The summed E-state index contributed by atoms with van der Waals surface area (Å²) in [4.78, 5) is 11.7. The number of amides is 1. The fraction of sp³-hybridized carbons (Fsp3) is 0.312. The van der Waals surface area contributed by atoms with Gasteiger partial charge in [-0.2, -0.15) is 0 Å². The molecule has 110 valence electrons. The highest BCUT2D eigenvalue weighted by atomic mass is 32.2. The third kappa shape index (κ3) is 3.09. The zero-order valence-corrected chi connectivity index (χ0v) is 13.7. The number of thiophene rings is 1. The number of carbonyl (C=O) groups is 1. The van der Waals surface area contributed by atoms with Gasteiger partial charge in [-0.3, -0.25) is 4.79 Å². The van der Waals surface area contributed by atoms with E-state index >= 15 is 0 Å². The van der Waals surface area contributed by atoms with Gasteiger partial charge in [-0.25, -0.2) is 0 Å². The summed E-state index contributed by atoms with van der Waals surface area (Å²) in [6.45, 7) is 2.27. The number of nitrogens with one attached hydrogen (secondary N) is 2. The van der Waals surface area contributed by atoms with Gasteiger partial charge < -0.3 is 10.6 Å². The first kappa shape index (κ1) is 14.5. The van der Waals surface area contributed by atoms with Gasteiger partial charge in [0.05, 0.1) is 10.3 Å². The van der Waals surface area contributed by atoms with Crippen molar-refractivity contribution in [1.29, 1.82) is 0 Å². The second kappa shape index (κ2) is 6.12. The Hall–Kier alpha value is -1.46. The topological polar surface area (TPSA) is 41.1 Å². The lowest BCUT2D eigenvalue weighted by Crippen LogP contribution is -2.20. The van der Waals surface area contributed by atoms with Crippen molar-refractivity contribution >= 4 is 34.7 Å². The van der Waals surface area contributed by atoms with Gasteiger partial charge in [0.2, 0.25) is 0 Å². The lowest BCUT2D eigenvalue weighted by Gasteiger charge is -2.28. The molecular weight excluding hydrogens is 300 g/mol. The molecule has 1 amide bonds. The predicted molar refractivity (Wildman–Crippen MR) is 90.5 cm³/mol. The summed E-state index contributed by atoms with van der Waals surface area (Å²) in [6, 6.07) is 10.2. The Kier molecular flexibility index (Phi) is 4.22. The monoisotopic (exact) mass is 318 g/mol. The van der Waals surface area contributed by atoms with Gasteiger partial charge in [-0.05, 0) is 41.6 Å². The first-order valence-corrected chi connectivity index (χ1v) is 8.76. The molecule has 0 spiro atoms. The van der Waals surface area contributed by atoms with Gasteiger partial charge in [0, 0.05) is 23.5 Å². The first-order chi connectivity index (χ1) is 10.2. The normalized spacial score (nSPS) is 20.7. The maximum absolute atomic E-state index is 11.7. The molecule has 0 saturated carbocycles. The maximum Gasteiger partial charge on any atom is 0.251 e. The highest BCUT2D eigenvalue weighted by Gasteiger charge is 2.26. The quantitative estimate of drug-likeness (QED) is 0.893. The second-order valence-electron chi connectivity index (χ2n) is 5.18. The molecule has 0 radical (unpaired) electrons. The molecule has 0 bridgehead atoms. The standard InChI is InChI=1S/C16H18N2OS2/c1-10-8-14(13-6-7-20-16(13)21-10)18-12-5-3-4-11(9-12)15(19)17-2/h3-7,9-10,14,18H,8H2,1-2H3,(H,17,19)/t10-,14?/m0/s1. The van der Waals surface area contributed by atoms with E-state index in [0.717, 1.165) is 12.1 Å². The van der Waals surface area contributed by atoms with Gasteiger partial charge in [0.15, 0.2) is 0 Å². The number of carbonyl (C=O) groups excluding carboxylic acids is 1. The van der Waals surface area contributed by atoms with Gasteiger partial charge in [-0.15, -0.1) is 23.1 Å². The van der Waals surface area contributed by atoms with Crippen LogP contribution in [-0.4, -0.2) is 18.2 Å². The van der Waals surface area contributed by atoms with Gasteiger partial charge in [0.25, 0.3) is 5.91 Å². The number of hydrogen-bond donors (Lipinski definition) is 2. The van der Waals surface area contributed by atoms with E-state index in [1.54, 1.807) is 7.05 Å². The molecule has 3 nitrogen and oxygen atoms in total. The minimum atomic E-state index is -0.0533. The summed E-state index contributed by atoms with van der Waals surface area (Å²) in [5.41, 5.74) is 3.07. The van der Waals surface area contributed by atoms with Crippen molar-refractivity contribution in [1.82, 2.24) is 5.32 Å². The SMILES string of the molecule is CNC(=O)c1cccc(NC2C[C@H](C)Sc3sccc32)c1. The minimum absolute atomic E-state index is 0.0533. The van der Waals surface area contributed by atoms with E-state index in [0.29, 0.717) is 16.9 Å². The zero-order chi connectivity index (χ0) is 14.8. The molecule has 0 aliphatic carbocycles. The van der Waals surface area contributed by atoms with E-state index in [1.165, 1.54) is 9.77 Å². The maximum atomic E-state index is 11.7. The number of anilines is 1. The Bertz CT molecular complexity index is 653. The second-order valence-corrected chi connectivity index (χ2v) is 7.81. The van der Waals surface area contributed by atoms with E-state index in [4.69, 9.17) is 0 Å². The highest BCUT2D eigenvalue weighted by Crippen LogP contribution is 2.44. The van der Waals surface area contributed by atoms with Crippen LogP contribution in [-0.2, 0) is 0 Å². The van der Waals surface area contributed by atoms with Crippen molar-refractivity contribution in [3.8, 4) is 0 Å². The number of hydrogen-bond acceptors (Lipinski definition) is 4. The van der Waals surface area contributed by atoms with Crippen LogP contribution < -0.4 is 10.6 Å². The van der Waals surface area contributed by atoms with Crippen LogP contribution in [0, 0.1) is 0 Å². The van der Waals surface area contributed by atoms with Crippen LogP contribution in [0.3, 0.4) is 0 Å². The molecule has 5 heteroatoms. The van der Waals surface area contributed by atoms with E-state index in [2.05, 4.69) is 29.0 Å². The minimum Gasteiger partial charge on any atom is -0.378 e. The van der Waals surface area contributed by atoms with Gasteiger partial charge in [0.1, 0.15) is 0 Å². The Labute approximate surface area is 133 Å². The van der Waals surface area contributed by atoms with Crippen LogP contribution in [0.2, 0.25) is 0 Å². The average Bonchev–Trinajstić information content (AvgIpc) is 2.95. The summed E-state index contributed by atoms with van der Waals surface area (Å²) in [5.74, 6) is -0.0533. The molecule has 2 N–H and O–H groups in total. The summed E-state index contributed by atoms with van der Waals surface area (Å²) in [6.07, 6.45) is 1.10. The largest absolute Gasteiger partial charge is 0.378 e. The van der Waals surface area contributed by atoms with Crippen LogP contribution in [0.1, 0.15) is 35.3 Å². The molecule has 0 saturated heterocycles. The predicted octanol–water partition coefficient (Wildman–Crippen LogP) is 4.15. The molecule has 2 aromatic rings. The fourth-order valence-corrected chi connectivity index (χ4v) is 5.15. The average molecular weight is 318 g/mol. The molecule has 0 fully saturated rings. The molecule has 21 heavy (non-hydrogen) atoms. The lowest BCUT2D eigenvalue weighted by atomic mass is 10.0. The van der Waals surface area contributed by atoms with E-state index in [-0.39, 0.29) is 5.91 Å². The molecule has 1 aromatic carbocycles. The van der Waals surface area contributed by atoms with Crippen molar-refractivity contribution in [3.05, 3.63) is 46.8 Å². The first-order valence-electron chi connectivity index (χ1n) is 7.00. The number of thioether (sulfide) groups is 1. The number of rotatable bonds is 3. The third-order valence-corrected chi connectivity index (χ3v) is 5.95. The molecule has 1 unspecified atom stereocenters. The van der Waals surface area contributed by atoms with Crippen LogP contribution in [0.25, 0.3) is 0 Å². The fourth-order valence-electron chi connectivity index (χ4n) is 2.58. The number of fused-ring (bicyclic) bond motifs is 1. The summed E-state index contributed by atoms with van der Waals surface area (Å²) in [7, 11) is 1.65. The van der Waals surface area contributed by atoms with Crippen molar-refractivity contribution in [2.45, 2.75) is 28.8 Å². The molecule has 1 aliphatic rings. The Balaban J connectivity index is 1.83. The molecular formula is C16H18N2OS2.